The Bertz CT molecular complexity index is 299. The molecule has 2 N–H and O–H groups in total. The van der Waals surface area contributed by atoms with Gasteiger partial charge < -0.3 is 15.4 Å². The van der Waals surface area contributed by atoms with Gasteiger partial charge in [-0.2, -0.15) is 0 Å². The number of amides is 1. The van der Waals surface area contributed by atoms with E-state index in [1.807, 2.05) is 0 Å². The molecule has 2 rings (SSSR count). The molecule has 4 nitrogen and oxygen atoms in total. The minimum Gasteiger partial charge on any atom is -0.381 e. The molecule has 0 aromatic carbocycles. The molecule has 2 fully saturated rings. The first-order valence-electron chi connectivity index (χ1n) is 7.82. The van der Waals surface area contributed by atoms with Crippen LogP contribution in [0.2, 0.25) is 0 Å². The van der Waals surface area contributed by atoms with Gasteiger partial charge in [0.15, 0.2) is 0 Å². The molecule has 0 bridgehead atoms. The maximum atomic E-state index is 13.0. The number of carbonyl (C=O) groups excluding carboxylic acids is 1. The van der Waals surface area contributed by atoms with Crippen molar-refractivity contribution >= 4 is 5.91 Å². The van der Waals surface area contributed by atoms with Crippen LogP contribution in [0.25, 0.3) is 0 Å². The maximum Gasteiger partial charge on any atom is 0.230 e. The van der Waals surface area contributed by atoms with Gasteiger partial charge >= 0.3 is 0 Å². The monoisotopic (exact) mass is 268 g/mol. The highest BCUT2D eigenvalue weighted by molar-refractivity contribution is 5.83. The van der Waals surface area contributed by atoms with Gasteiger partial charge in [0, 0.05) is 32.3 Å². The van der Waals surface area contributed by atoms with Gasteiger partial charge in [0.25, 0.3) is 0 Å². The third kappa shape index (κ3) is 3.11. The van der Waals surface area contributed by atoms with E-state index in [2.05, 4.69) is 11.8 Å². The van der Waals surface area contributed by atoms with Gasteiger partial charge in [-0.05, 0) is 38.5 Å². The highest BCUT2D eigenvalue weighted by atomic mass is 16.5. The fourth-order valence-corrected chi connectivity index (χ4v) is 3.47. The molecule has 0 aromatic heterocycles. The molecule has 0 aliphatic carbocycles. The number of carbonyl (C=O) groups is 1. The Morgan fingerprint density at radius 1 is 1.37 bits per heavy atom. The molecule has 0 radical (unpaired) electrons. The van der Waals surface area contributed by atoms with Crippen LogP contribution < -0.4 is 5.73 Å². The predicted octanol–water partition coefficient (Wildman–Crippen LogP) is 1.92. The summed E-state index contributed by atoms with van der Waals surface area (Å²) in [5.74, 6) is 0.302. The average molecular weight is 268 g/mol. The Hall–Kier alpha value is -0.610. The van der Waals surface area contributed by atoms with E-state index in [0.717, 1.165) is 45.1 Å². The van der Waals surface area contributed by atoms with Crippen molar-refractivity contribution in [1.82, 2.24) is 4.90 Å². The number of hydrogen-bond donors (Lipinski definition) is 1. The predicted molar refractivity (Wildman–Crippen MR) is 75.8 cm³/mol. The quantitative estimate of drug-likeness (QED) is 0.847. The van der Waals surface area contributed by atoms with Crippen molar-refractivity contribution in [3.05, 3.63) is 0 Å². The smallest absolute Gasteiger partial charge is 0.230 e. The lowest BCUT2D eigenvalue weighted by Crippen LogP contribution is -2.55. The van der Waals surface area contributed by atoms with Gasteiger partial charge in [-0.25, -0.2) is 0 Å². The second-order valence-electron chi connectivity index (χ2n) is 6.03. The number of piperidine rings is 1. The largest absolute Gasteiger partial charge is 0.381 e. The number of likely N-dealkylation sites (tertiary alicyclic amines) is 1. The van der Waals surface area contributed by atoms with Gasteiger partial charge in [0.05, 0.1) is 5.41 Å². The first-order valence-corrected chi connectivity index (χ1v) is 7.82. The molecule has 0 spiro atoms. The molecule has 2 aliphatic rings. The molecule has 1 amide bonds. The minimum absolute atomic E-state index is 0.302. The highest BCUT2D eigenvalue weighted by Gasteiger charge is 2.43. The lowest BCUT2D eigenvalue weighted by Gasteiger charge is -2.44. The SMILES string of the molecule is CCCC1CCCCN1C(=O)C1(CN)CCOCC1. The molecule has 2 saturated heterocycles. The number of ether oxygens (including phenoxy) is 1. The standard InChI is InChI=1S/C15H28N2O2/c1-2-5-13-6-3-4-9-17(13)14(18)15(12-16)7-10-19-11-8-15/h13H,2-12,16H2,1H3. The summed E-state index contributed by atoms with van der Waals surface area (Å²) in [4.78, 5) is 15.1. The lowest BCUT2D eigenvalue weighted by molar-refractivity contribution is -0.151. The van der Waals surface area contributed by atoms with Crippen molar-refractivity contribution < 1.29 is 9.53 Å². The van der Waals surface area contributed by atoms with Crippen LogP contribution in [-0.4, -0.2) is 43.2 Å². The first kappa shape index (κ1) is 14.8. The van der Waals surface area contributed by atoms with Gasteiger partial charge in [0.1, 0.15) is 0 Å². The van der Waals surface area contributed by atoms with Crippen LogP contribution in [0.3, 0.4) is 0 Å². The van der Waals surface area contributed by atoms with Crippen LogP contribution in [0.1, 0.15) is 51.9 Å². The molecule has 4 heteroatoms. The van der Waals surface area contributed by atoms with E-state index in [1.165, 1.54) is 6.42 Å². The summed E-state index contributed by atoms with van der Waals surface area (Å²) in [5.41, 5.74) is 5.62. The van der Waals surface area contributed by atoms with E-state index < -0.39 is 0 Å². The van der Waals surface area contributed by atoms with E-state index in [1.54, 1.807) is 0 Å². The third-order valence-electron chi connectivity index (χ3n) is 4.80. The van der Waals surface area contributed by atoms with Gasteiger partial charge in [-0.1, -0.05) is 13.3 Å². The van der Waals surface area contributed by atoms with Crippen molar-refractivity contribution in [3.63, 3.8) is 0 Å². The number of nitrogens with zero attached hydrogens (tertiary/aromatic N) is 1. The van der Waals surface area contributed by atoms with Crippen molar-refractivity contribution in [3.8, 4) is 0 Å². The van der Waals surface area contributed by atoms with Gasteiger partial charge in [-0.15, -0.1) is 0 Å². The number of hydrogen-bond acceptors (Lipinski definition) is 3. The summed E-state index contributed by atoms with van der Waals surface area (Å²) in [6, 6.07) is 0.442. The van der Waals surface area contributed by atoms with Crippen LogP contribution in [-0.2, 0) is 9.53 Å². The number of rotatable bonds is 4. The second-order valence-corrected chi connectivity index (χ2v) is 6.03. The van der Waals surface area contributed by atoms with Crippen molar-refractivity contribution in [2.24, 2.45) is 11.1 Å². The van der Waals surface area contributed by atoms with Gasteiger partial charge in [0.2, 0.25) is 5.91 Å². The minimum atomic E-state index is -0.346. The van der Waals surface area contributed by atoms with E-state index in [4.69, 9.17) is 10.5 Å². The summed E-state index contributed by atoms with van der Waals surface area (Å²) in [7, 11) is 0. The molecule has 1 unspecified atom stereocenters. The van der Waals surface area contributed by atoms with E-state index >= 15 is 0 Å². The van der Waals surface area contributed by atoms with Gasteiger partial charge in [-0.3, -0.25) is 4.79 Å². The Kier molecular flexibility index (Phi) is 5.22. The summed E-state index contributed by atoms with van der Waals surface area (Å²) in [5, 5.41) is 0. The Morgan fingerprint density at radius 2 is 2.11 bits per heavy atom. The molecule has 1 atom stereocenters. The summed E-state index contributed by atoms with van der Waals surface area (Å²) < 4.78 is 5.41. The van der Waals surface area contributed by atoms with E-state index in [0.29, 0.717) is 31.7 Å². The number of nitrogens with two attached hydrogens (primary N) is 1. The second kappa shape index (κ2) is 6.71. The molecule has 2 aliphatic heterocycles. The third-order valence-corrected chi connectivity index (χ3v) is 4.80. The summed E-state index contributed by atoms with van der Waals surface area (Å²) in [6.45, 7) is 4.94. The van der Waals surface area contributed by atoms with Crippen LogP contribution in [0.15, 0.2) is 0 Å². The fraction of sp³-hybridized carbons (Fsp3) is 0.933. The highest BCUT2D eigenvalue weighted by Crippen LogP contribution is 2.34. The summed E-state index contributed by atoms with van der Waals surface area (Å²) in [6.07, 6.45) is 7.42. The molecule has 110 valence electrons. The topological polar surface area (TPSA) is 55.6 Å². The van der Waals surface area contributed by atoms with E-state index in [9.17, 15) is 4.79 Å². The normalized spacial score (nSPS) is 27.3. The molecular weight excluding hydrogens is 240 g/mol. The lowest BCUT2D eigenvalue weighted by atomic mass is 9.78. The first-order chi connectivity index (χ1) is 9.23. The van der Waals surface area contributed by atoms with Crippen LogP contribution in [0.5, 0.6) is 0 Å². The molecule has 0 saturated carbocycles. The molecule has 0 aromatic rings. The molecule has 2 heterocycles. The van der Waals surface area contributed by atoms with Crippen LogP contribution in [0.4, 0.5) is 0 Å². The van der Waals surface area contributed by atoms with E-state index in [-0.39, 0.29) is 5.41 Å². The van der Waals surface area contributed by atoms with Crippen LogP contribution in [0, 0.1) is 5.41 Å². The summed E-state index contributed by atoms with van der Waals surface area (Å²) >= 11 is 0. The Labute approximate surface area is 116 Å². The zero-order chi connectivity index (χ0) is 13.7. The Balaban J connectivity index is 2.10. The average Bonchev–Trinajstić information content (AvgIpc) is 2.48. The molecular formula is C15H28N2O2. The zero-order valence-corrected chi connectivity index (χ0v) is 12.2. The van der Waals surface area contributed by atoms with Crippen LogP contribution >= 0.6 is 0 Å². The zero-order valence-electron chi connectivity index (χ0n) is 12.2. The maximum absolute atomic E-state index is 13.0. The Morgan fingerprint density at radius 3 is 2.74 bits per heavy atom. The molecule has 19 heavy (non-hydrogen) atoms. The fourth-order valence-electron chi connectivity index (χ4n) is 3.47. The van der Waals surface area contributed by atoms with Crippen molar-refractivity contribution in [2.75, 3.05) is 26.3 Å². The van der Waals surface area contributed by atoms with Crippen molar-refractivity contribution in [1.29, 1.82) is 0 Å². The van der Waals surface area contributed by atoms with Crippen molar-refractivity contribution in [2.45, 2.75) is 57.9 Å².